The molecule has 100 valence electrons. The lowest BCUT2D eigenvalue weighted by atomic mass is 10.0. The number of carbonyl (C=O) groups is 1. The van der Waals surface area contributed by atoms with E-state index in [0.29, 0.717) is 5.78 Å². The molecule has 0 atom stereocenters. The molecule has 2 aromatic rings. The fourth-order valence-corrected chi connectivity index (χ4v) is 2.61. The van der Waals surface area contributed by atoms with Gasteiger partial charge >= 0.3 is 0 Å². The fourth-order valence-electron chi connectivity index (χ4n) is 2.61. The molecule has 3 rings (SSSR count). The molecule has 1 amide bonds. The van der Waals surface area contributed by atoms with E-state index in [0.717, 1.165) is 31.4 Å². The zero-order chi connectivity index (χ0) is 13.5. The standard InChI is InChI=1S/C13H17N5O/c1-9-5-8-14-12-15-10(17-18(9)12)11(19)16-13(2)6-3-4-7-13/h5,8H,3-4,6-7H2,1-2H3,(H,16,19). The van der Waals surface area contributed by atoms with Gasteiger partial charge in [0.15, 0.2) is 0 Å². The van der Waals surface area contributed by atoms with Gasteiger partial charge in [-0.15, -0.1) is 5.10 Å². The SMILES string of the molecule is Cc1ccnc2nc(C(=O)NC3(C)CCCC3)nn12. The van der Waals surface area contributed by atoms with Crippen LogP contribution in [0.5, 0.6) is 0 Å². The summed E-state index contributed by atoms with van der Waals surface area (Å²) in [4.78, 5) is 20.5. The Bertz CT molecular complexity index is 627. The molecule has 2 aromatic heterocycles. The topological polar surface area (TPSA) is 72.2 Å². The van der Waals surface area contributed by atoms with Crippen molar-refractivity contribution < 1.29 is 4.79 Å². The fraction of sp³-hybridized carbons (Fsp3) is 0.538. The first-order chi connectivity index (χ1) is 9.07. The van der Waals surface area contributed by atoms with Crippen LogP contribution >= 0.6 is 0 Å². The molecule has 0 bridgehead atoms. The lowest BCUT2D eigenvalue weighted by molar-refractivity contribution is 0.0897. The van der Waals surface area contributed by atoms with Crippen molar-refractivity contribution in [2.45, 2.75) is 45.1 Å². The highest BCUT2D eigenvalue weighted by atomic mass is 16.2. The van der Waals surface area contributed by atoms with E-state index in [4.69, 9.17) is 0 Å². The molecule has 1 aliphatic carbocycles. The molecular formula is C13H17N5O. The Labute approximate surface area is 111 Å². The number of carbonyl (C=O) groups excluding carboxylic acids is 1. The molecule has 1 fully saturated rings. The second-order valence-corrected chi connectivity index (χ2v) is 5.46. The Morgan fingerprint density at radius 1 is 1.42 bits per heavy atom. The van der Waals surface area contributed by atoms with E-state index in [-0.39, 0.29) is 17.3 Å². The summed E-state index contributed by atoms with van der Waals surface area (Å²) >= 11 is 0. The van der Waals surface area contributed by atoms with E-state index < -0.39 is 0 Å². The summed E-state index contributed by atoms with van der Waals surface area (Å²) in [5, 5.41) is 7.26. The second kappa shape index (κ2) is 4.29. The summed E-state index contributed by atoms with van der Waals surface area (Å²) in [5.41, 5.74) is 0.792. The lowest BCUT2D eigenvalue weighted by Crippen LogP contribution is -2.44. The number of amides is 1. The van der Waals surface area contributed by atoms with Crippen LogP contribution in [0.15, 0.2) is 12.3 Å². The first kappa shape index (κ1) is 12.1. The zero-order valence-electron chi connectivity index (χ0n) is 11.2. The smallest absolute Gasteiger partial charge is 0.291 e. The van der Waals surface area contributed by atoms with Crippen LogP contribution in [0, 0.1) is 6.92 Å². The van der Waals surface area contributed by atoms with E-state index in [9.17, 15) is 4.79 Å². The van der Waals surface area contributed by atoms with Gasteiger partial charge in [0.25, 0.3) is 11.7 Å². The van der Waals surface area contributed by atoms with Crippen LogP contribution in [-0.2, 0) is 0 Å². The van der Waals surface area contributed by atoms with Crippen molar-refractivity contribution in [2.75, 3.05) is 0 Å². The van der Waals surface area contributed by atoms with Gasteiger partial charge in [-0.1, -0.05) is 12.8 Å². The third-order valence-corrected chi connectivity index (χ3v) is 3.76. The van der Waals surface area contributed by atoms with Crippen LogP contribution in [0.2, 0.25) is 0 Å². The largest absolute Gasteiger partial charge is 0.344 e. The van der Waals surface area contributed by atoms with Crippen LogP contribution in [-0.4, -0.2) is 31.0 Å². The quantitative estimate of drug-likeness (QED) is 0.887. The van der Waals surface area contributed by atoms with E-state index in [1.165, 1.54) is 0 Å². The van der Waals surface area contributed by atoms with Crippen molar-refractivity contribution in [3.05, 3.63) is 23.8 Å². The van der Waals surface area contributed by atoms with Gasteiger partial charge in [0.1, 0.15) is 0 Å². The van der Waals surface area contributed by atoms with Gasteiger partial charge < -0.3 is 5.32 Å². The van der Waals surface area contributed by atoms with Crippen LogP contribution in [0.1, 0.15) is 48.9 Å². The zero-order valence-corrected chi connectivity index (χ0v) is 11.2. The molecule has 0 spiro atoms. The minimum atomic E-state index is -0.214. The van der Waals surface area contributed by atoms with Crippen LogP contribution < -0.4 is 5.32 Å². The number of hydrogen-bond donors (Lipinski definition) is 1. The number of nitrogens with zero attached hydrogens (tertiary/aromatic N) is 4. The summed E-state index contributed by atoms with van der Waals surface area (Å²) < 4.78 is 1.59. The van der Waals surface area contributed by atoms with E-state index >= 15 is 0 Å². The van der Waals surface area contributed by atoms with Crippen molar-refractivity contribution in [1.29, 1.82) is 0 Å². The third-order valence-electron chi connectivity index (χ3n) is 3.76. The van der Waals surface area contributed by atoms with Gasteiger partial charge in [-0.05, 0) is 32.8 Å². The van der Waals surface area contributed by atoms with Crippen molar-refractivity contribution in [3.8, 4) is 0 Å². The number of fused-ring (bicyclic) bond motifs is 1. The highest BCUT2D eigenvalue weighted by molar-refractivity contribution is 5.91. The Morgan fingerprint density at radius 2 is 2.16 bits per heavy atom. The third kappa shape index (κ3) is 2.18. The molecule has 1 aliphatic rings. The molecule has 0 radical (unpaired) electrons. The normalized spacial score (nSPS) is 17.8. The van der Waals surface area contributed by atoms with Crippen LogP contribution in [0.4, 0.5) is 0 Å². The lowest BCUT2D eigenvalue weighted by Gasteiger charge is -2.24. The maximum atomic E-state index is 12.2. The Balaban J connectivity index is 1.87. The summed E-state index contributed by atoms with van der Waals surface area (Å²) in [6, 6.07) is 1.83. The molecule has 1 N–H and O–H groups in total. The average molecular weight is 259 g/mol. The molecule has 6 nitrogen and oxygen atoms in total. The van der Waals surface area contributed by atoms with E-state index in [2.05, 4.69) is 27.3 Å². The van der Waals surface area contributed by atoms with Gasteiger partial charge in [-0.2, -0.15) is 4.98 Å². The predicted molar refractivity (Wildman–Crippen MR) is 69.9 cm³/mol. The summed E-state index contributed by atoms with van der Waals surface area (Å²) in [6.07, 6.45) is 6.03. The first-order valence-electron chi connectivity index (χ1n) is 6.58. The van der Waals surface area contributed by atoms with Crippen LogP contribution in [0.25, 0.3) is 5.78 Å². The molecule has 19 heavy (non-hydrogen) atoms. The van der Waals surface area contributed by atoms with Crippen LogP contribution in [0.3, 0.4) is 0 Å². The number of aromatic nitrogens is 4. The monoisotopic (exact) mass is 259 g/mol. The number of hydrogen-bond acceptors (Lipinski definition) is 4. The van der Waals surface area contributed by atoms with Gasteiger partial charge in [-0.3, -0.25) is 4.79 Å². The molecule has 1 saturated carbocycles. The highest BCUT2D eigenvalue weighted by Gasteiger charge is 2.31. The first-order valence-corrected chi connectivity index (χ1v) is 6.58. The van der Waals surface area contributed by atoms with E-state index in [1.807, 2.05) is 13.0 Å². The maximum Gasteiger partial charge on any atom is 0.291 e. The summed E-state index contributed by atoms with van der Waals surface area (Å²) in [7, 11) is 0. The van der Waals surface area contributed by atoms with Crippen molar-refractivity contribution in [2.24, 2.45) is 0 Å². The summed E-state index contributed by atoms with van der Waals surface area (Å²) in [5.74, 6) is 0.436. The van der Waals surface area contributed by atoms with Gasteiger partial charge in [0.2, 0.25) is 5.82 Å². The number of rotatable bonds is 2. The van der Waals surface area contributed by atoms with Gasteiger partial charge in [-0.25, -0.2) is 9.50 Å². The Morgan fingerprint density at radius 3 is 2.84 bits per heavy atom. The van der Waals surface area contributed by atoms with Gasteiger partial charge in [0.05, 0.1) is 0 Å². The van der Waals surface area contributed by atoms with Crippen molar-refractivity contribution in [1.82, 2.24) is 24.9 Å². The molecule has 0 aliphatic heterocycles. The Kier molecular flexibility index (Phi) is 2.73. The molecule has 0 unspecified atom stereocenters. The van der Waals surface area contributed by atoms with Crippen molar-refractivity contribution >= 4 is 11.7 Å². The predicted octanol–water partition coefficient (Wildman–Crippen LogP) is 1.50. The molecule has 6 heteroatoms. The minimum Gasteiger partial charge on any atom is -0.344 e. The molecule has 2 heterocycles. The van der Waals surface area contributed by atoms with Gasteiger partial charge in [0, 0.05) is 17.4 Å². The average Bonchev–Trinajstić information content (AvgIpc) is 2.96. The van der Waals surface area contributed by atoms with E-state index in [1.54, 1.807) is 10.7 Å². The number of aryl methyl sites for hydroxylation is 1. The second-order valence-electron chi connectivity index (χ2n) is 5.46. The molecule has 0 aromatic carbocycles. The van der Waals surface area contributed by atoms with Crippen molar-refractivity contribution in [3.63, 3.8) is 0 Å². The highest BCUT2D eigenvalue weighted by Crippen LogP contribution is 2.28. The molecular weight excluding hydrogens is 242 g/mol. The maximum absolute atomic E-state index is 12.2. The summed E-state index contributed by atoms with van der Waals surface area (Å²) in [6.45, 7) is 3.99. The number of nitrogens with one attached hydrogen (secondary N) is 1. The molecule has 0 saturated heterocycles. The Hall–Kier alpha value is -1.98. The minimum absolute atomic E-state index is 0.114.